The van der Waals surface area contributed by atoms with Crippen molar-refractivity contribution in [1.29, 1.82) is 0 Å². The second-order valence-corrected chi connectivity index (χ2v) is 16.9. The molecule has 0 radical (unpaired) electrons. The molecule has 0 heterocycles. The first kappa shape index (κ1) is 57.0. The summed E-state index contributed by atoms with van der Waals surface area (Å²) < 4.78 is 33.4. The maximum absolute atomic E-state index is 12.8. The van der Waals surface area contributed by atoms with E-state index < -0.39 is 75.7 Å². The van der Waals surface area contributed by atoms with E-state index in [0.717, 1.165) is 77.0 Å². The van der Waals surface area contributed by atoms with Crippen LogP contribution in [0.25, 0.3) is 0 Å². The summed E-state index contributed by atoms with van der Waals surface area (Å²) in [7, 11) is -5.14. The molecule has 1 saturated carbocycles. The first-order valence-corrected chi connectivity index (χ1v) is 24.4. The number of hydrogen-bond acceptors (Lipinski definition) is 12. The molecule has 354 valence electrons. The third-order valence-electron chi connectivity index (χ3n) is 9.97. The Morgan fingerprint density at radius 3 is 1.45 bits per heavy atom. The number of hydrogen-bond donors (Lipinski definition) is 6. The molecular weight excluding hydrogens is 815 g/mol. The van der Waals surface area contributed by atoms with Gasteiger partial charge in [0, 0.05) is 12.8 Å². The molecule has 6 N–H and O–H groups in total. The highest BCUT2D eigenvalue weighted by molar-refractivity contribution is 7.47. The first-order chi connectivity index (χ1) is 29.9. The number of carbonyl (C=O) groups is 2. The van der Waals surface area contributed by atoms with Gasteiger partial charge in [-0.1, -0.05) is 137 Å². The molecule has 0 saturated heterocycles. The molecule has 0 aromatic rings. The van der Waals surface area contributed by atoms with Crippen LogP contribution in [0.3, 0.4) is 0 Å². The van der Waals surface area contributed by atoms with Crippen LogP contribution in [-0.4, -0.2) is 98.3 Å². The Kier molecular flexibility index (Phi) is 34.4. The fourth-order valence-electron chi connectivity index (χ4n) is 6.29. The van der Waals surface area contributed by atoms with Crippen LogP contribution >= 0.6 is 7.82 Å². The molecular formula is C48H79O13P. The van der Waals surface area contributed by atoms with E-state index in [4.69, 9.17) is 18.5 Å². The number of carbonyl (C=O) groups excluding carboxylic acids is 2. The van der Waals surface area contributed by atoms with Gasteiger partial charge in [-0.3, -0.25) is 18.6 Å². The molecule has 14 heteroatoms. The molecule has 6 unspecified atom stereocenters. The smallest absolute Gasteiger partial charge is 0.462 e. The maximum Gasteiger partial charge on any atom is 0.472 e. The van der Waals surface area contributed by atoms with Gasteiger partial charge in [-0.25, -0.2) is 4.57 Å². The van der Waals surface area contributed by atoms with Gasteiger partial charge in [0.2, 0.25) is 0 Å². The largest absolute Gasteiger partial charge is 0.472 e. The van der Waals surface area contributed by atoms with Crippen molar-refractivity contribution in [2.45, 2.75) is 191 Å². The van der Waals surface area contributed by atoms with Crippen LogP contribution in [0, 0.1) is 0 Å². The first-order valence-electron chi connectivity index (χ1n) is 22.9. The molecule has 0 amide bonds. The van der Waals surface area contributed by atoms with Crippen LogP contribution in [0.2, 0.25) is 0 Å². The number of esters is 2. The second kappa shape index (κ2) is 37.4. The lowest BCUT2D eigenvalue weighted by Gasteiger charge is -2.41. The minimum absolute atomic E-state index is 0.0106. The Bertz CT molecular complexity index is 1400. The van der Waals surface area contributed by atoms with Gasteiger partial charge in [0.25, 0.3) is 0 Å². The van der Waals surface area contributed by atoms with Crippen LogP contribution in [0.5, 0.6) is 0 Å². The number of aliphatic hydroxyl groups excluding tert-OH is 5. The van der Waals surface area contributed by atoms with Gasteiger partial charge in [0.05, 0.1) is 6.61 Å². The second-order valence-electron chi connectivity index (χ2n) is 15.5. The molecule has 0 bridgehead atoms. The van der Waals surface area contributed by atoms with E-state index in [-0.39, 0.29) is 12.8 Å². The van der Waals surface area contributed by atoms with Crippen molar-refractivity contribution in [3.8, 4) is 0 Å². The minimum atomic E-state index is -5.14. The number of allylic oxidation sites excluding steroid dienone is 14. The van der Waals surface area contributed by atoms with E-state index in [2.05, 4.69) is 86.8 Å². The van der Waals surface area contributed by atoms with Gasteiger partial charge < -0.3 is 39.9 Å². The van der Waals surface area contributed by atoms with Gasteiger partial charge in [0.1, 0.15) is 43.2 Å². The highest BCUT2D eigenvalue weighted by atomic mass is 31.2. The van der Waals surface area contributed by atoms with E-state index in [1.807, 2.05) is 12.2 Å². The summed E-state index contributed by atoms with van der Waals surface area (Å²) in [5.74, 6) is -1.19. The fraction of sp³-hybridized carbons (Fsp3) is 0.667. The van der Waals surface area contributed by atoms with Crippen molar-refractivity contribution in [2.75, 3.05) is 13.2 Å². The number of aliphatic hydroxyl groups is 5. The number of rotatable bonds is 36. The van der Waals surface area contributed by atoms with E-state index in [9.17, 15) is 44.6 Å². The van der Waals surface area contributed by atoms with Gasteiger partial charge in [-0.2, -0.15) is 0 Å². The topological polar surface area (TPSA) is 210 Å². The third-order valence-corrected chi connectivity index (χ3v) is 11.0. The summed E-state index contributed by atoms with van der Waals surface area (Å²) in [6.07, 6.45) is 35.0. The van der Waals surface area contributed by atoms with E-state index >= 15 is 0 Å². The zero-order valence-corrected chi connectivity index (χ0v) is 38.3. The Labute approximate surface area is 371 Å². The molecule has 13 nitrogen and oxygen atoms in total. The molecule has 1 aliphatic carbocycles. The van der Waals surface area contributed by atoms with Gasteiger partial charge in [0.15, 0.2) is 6.10 Å². The third kappa shape index (κ3) is 29.4. The van der Waals surface area contributed by atoms with Crippen LogP contribution < -0.4 is 0 Å². The Balaban J connectivity index is 2.53. The van der Waals surface area contributed by atoms with E-state index in [1.165, 1.54) is 25.7 Å². The summed E-state index contributed by atoms with van der Waals surface area (Å²) in [6, 6.07) is 0. The molecule has 0 spiro atoms. The Hall–Kier alpha value is -2.97. The standard InChI is InChI=1S/C48H79O13P/c1-3-5-7-9-11-13-15-17-19-21-23-25-27-29-31-33-35-37-42(50)60-40(39-59-62(56,57)61-48-46(54)44(52)43(51)45(53)47(48)55)38-58-41(49)36-34-32-30-28-26-24-22-20-18-16-14-12-10-8-6-4-2/h5,7,11,13-14,16-17,19-20,22-23,25,29,31,40,43-48,51-55H,3-4,6,8-10,12,15,18,21,24,26-28,30,32-39H2,1-2H3,(H,56,57)/b7-5-,13-11-,16-14-,19-17-,22-20-,25-23-,31-29-. The van der Waals surface area contributed by atoms with Crippen LogP contribution in [0.1, 0.15) is 149 Å². The number of unbranched alkanes of at least 4 members (excludes halogenated alkanes) is 10. The van der Waals surface area contributed by atoms with Crippen LogP contribution in [-0.2, 0) is 32.7 Å². The normalized spacial score (nSPS) is 22.6. The lowest BCUT2D eigenvalue weighted by molar-refractivity contribution is -0.220. The molecule has 0 aliphatic heterocycles. The van der Waals surface area contributed by atoms with Crippen molar-refractivity contribution >= 4 is 19.8 Å². The average Bonchev–Trinajstić information content (AvgIpc) is 3.25. The number of phosphoric ester groups is 1. The van der Waals surface area contributed by atoms with Crippen LogP contribution in [0.15, 0.2) is 85.1 Å². The molecule has 0 aromatic heterocycles. The SMILES string of the molecule is CC/C=C\C/C=C\C/C=C\C/C=C\C/C=C\CCCC(=O)OC(COC(=O)CCCCCCC/C=C\C/C=C\CCCCCC)COP(=O)(O)OC1C(O)C(O)C(O)C(O)C1O. The van der Waals surface area contributed by atoms with Gasteiger partial charge in [-0.15, -0.1) is 0 Å². The predicted molar refractivity (Wildman–Crippen MR) is 244 cm³/mol. The highest BCUT2D eigenvalue weighted by Crippen LogP contribution is 2.47. The summed E-state index contributed by atoms with van der Waals surface area (Å²) >= 11 is 0. The predicted octanol–water partition coefficient (Wildman–Crippen LogP) is 8.89. The van der Waals surface area contributed by atoms with Crippen molar-refractivity contribution in [3.05, 3.63) is 85.1 Å². The molecule has 62 heavy (non-hydrogen) atoms. The molecule has 0 aromatic carbocycles. The lowest BCUT2D eigenvalue weighted by atomic mass is 9.85. The highest BCUT2D eigenvalue weighted by Gasteiger charge is 2.51. The number of phosphoric acid groups is 1. The maximum atomic E-state index is 12.8. The lowest BCUT2D eigenvalue weighted by Crippen LogP contribution is -2.64. The monoisotopic (exact) mass is 895 g/mol. The zero-order valence-electron chi connectivity index (χ0n) is 37.4. The zero-order chi connectivity index (χ0) is 45.7. The summed E-state index contributed by atoms with van der Waals surface area (Å²) in [4.78, 5) is 35.7. The Morgan fingerprint density at radius 2 is 0.935 bits per heavy atom. The quantitative estimate of drug-likeness (QED) is 0.0150. The number of ether oxygens (including phenoxy) is 2. The molecule has 1 aliphatic rings. The Morgan fingerprint density at radius 1 is 0.516 bits per heavy atom. The molecule has 1 rings (SSSR count). The molecule has 6 atom stereocenters. The van der Waals surface area contributed by atoms with E-state index in [0.29, 0.717) is 19.3 Å². The van der Waals surface area contributed by atoms with Crippen molar-refractivity contribution < 1.29 is 63.1 Å². The van der Waals surface area contributed by atoms with Crippen molar-refractivity contribution in [3.63, 3.8) is 0 Å². The van der Waals surface area contributed by atoms with Crippen molar-refractivity contribution in [2.24, 2.45) is 0 Å². The van der Waals surface area contributed by atoms with Gasteiger partial charge in [-0.05, 0) is 83.5 Å². The summed E-state index contributed by atoms with van der Waals surface area (Å²) in [6.45, 7) is 3.09. The van der Waals surface area contributed by atoms with E-state index in [1.54, 1.807) is 0 Å². The van der Waals surface area contributed by atoms with Gasteiger partial charge >= 0.3 is 19.8 Å². The summed E-state index contributed by atoms with van der Waals surface area (Å²) in [5.41, 5.74) is 0. The fourth-order valence-corrected chi connectivity index (χ4v) is 7.26. The van der Waals surface area contributed by atoms with Crippen LogP contribution in [0.4, 0.5) is 0 Å². The molecule has 1 fully saturated rings. The minimum Gasteiger partial charge on any atom is -0.462 e. The summed E-state index contributed by atoms with van der Waals surface area (Å²) in [5, 5.41) is 50.1. The average molecular weight is 895 g/mol. The van der Waals surface area contributed by atoms with Crippen molar-refractivity contribution in [1.82, 2.24) is 0 Å².